The number of hydrogen-bond donors (Lipinski definition) is 1. The second-order valence-electron chi connectivity index (χ2n) is 4.47. The lowest BCUT2D eigenvalue weighted by molar-refractivity contribution is 0.0203. The van der Waals surface area contributed by atoms with E-state index in [4.69, 9.17) is 10.5 Å². The van der Waals surface area contributed by atoms with E-state index >= 15 is 0 Å². The maximum Gasteiger partial charge on any atom is 0.153 e. The maximum absolute atomic E-state index is 11.8. The third kappa shape index (κ3) is 5.49. The maximum atomic E-state index is 11.8. The predicted octanol–water partition coefficient (Wildman–Crippen LogP) is 0.954. The Morgan fingerprint density at radius 1 is 1.40 bits per heavy atom. The highest BCUT2D eigenvalue weighted by molar-refractivity contribution is 7.92. The quantitative estimate of drug-likeness (QED) is 0.716. The van der Waals surface area contributed by atoms with Gasteiger partial charge in [-0.3, -0.25) is 0 Å². The molecule has 0 bridgehead atoms. The number of hydrogen-bond acceptors (Lipinski definition) is 4. The molecule has 1 atom stereocenters. The molecule has 1 unspecified atom stereocenters. The lowest BCUT2D eigenvalue weighted by Gasteiger charge is -2.23. The third-order valence-electron chi connectivity index (χ3n) is 2.73. The molecule has 0 saturated heterocycles. The summed E-state index contributed by atoms with van der Waals surface area (Å²) in [5.41, 5.74) is 4.97. The van der Waals surface area contributed by atoms with Crippen molar-refractivity contribution in [3.8, 4) is 0 Å². The molecule has 0 radical (unpaired) electrons. The van der Waals surface area contributed by atoms with Crippen molar-refractivity contribution in [2.24, 2.45) is 5.73 Å². The summed E-state index contributed by atoms with van der Waals surface area (Å²) in [6, 6.07) is 0. The van der Waals surface area contributed by atoms with E-state index in [1.54, 1.807) is 14.0 Å². The molecule has 0 amide bonds. The molecule has 0 aromatic carbocycles. The Kier molecular flexibility index (Phi) is 5.77. The topological polar surface area (TPSA) is 69.4 Å². The van der Waals surface area contributed by atoms with Crippen LogP contribution >= 0.6 is 0 Å². The van der Waals surface area contributed by atoms with Gasteiger partial charge >= 0.3 is 0 Å². The van der Waals surface area contributed by atoms with Gasteiger partial charge in [0.2, 0.25) is 0 Å². The molecule has 0 aliphatic carbocycles. The summed E-state index contributed by atoms with van der Waals surface area (Å²) >= 11 is 0. The largest absolute Gasteiger partial charge is 0.379 e. The Balaban J connectivity index is 4.28. The molecule has 0 aliphatic rings. The van der Waals surface area contributed by atoms with Crippen molar-refractivity contribution in [3.63, 3.8) is 0 Å². The highest BCUT2D eigenvalue weighted by Gasteiger charge is 2.25. The number of sulfone groups is 1. The summed E-state index contributed by atoms with van der Waals surface area (Å²) in [5, 5.41) is -0.352. The van der Waals surface area contributed by atoms with Crippen molar-refractivity contribution in [1.29, 1.82) is 0 Å². The van der Waals surface area contributed by atoms with Crippen LogP contribution in [0.25, 0.3) is 0 Å². The lowest BCUT2D eigenvalue weighted by atomic mass is 10.1. The first kappa shape index (κ1) is 14.9. The molecule has 0 heterocycles. The molecule has 4 nitrogen and oxygen atoms in total. The Bertz CT molecular complexity index is 272. The van der Waals surface area contributed by atoms with E-state index in [9.17, 15) is 8.42 Å². The van der Waals surface area contributed by atoms with Crippen LogP contribution < -0.4 is 5.73 Å². The smallest absolute Gasteiger partial charge is 0.153 e. The van der Waals surface area contributed by atoms with Crippen molar-refractivity contribution >= 4 is 9.84 Å². The zero-order valence-corrected chi connectivity index (χ0v) is 10.9. The van der Waals surface area contributed by atoms with Crippen molar-refractivity contribution in [3.05, 3.63) is 0 Å². The van der Waals surface area contributed by atoms with Gasteiger partial charge in [-0.25, -0.2) is 8.42 Å². The average Bonchev–Trinajstić information content (AvgIpc) is 2.16. The molecule has 92 valence electrons. The second-order valence-corrected chi connectivity index (χ2v) is 7.01. The summed E-state index contributed by atoms with van der Waals surface area (Å²) in [6.07, 6.45) is 1.04. The fourth-order valence-corrected chi connectivity index (χ4v) is 2.78. The number of ether oxygens (including phenoxy) is 1. The average molecular weight is 237 g/mol. The van der Waals surface area contributed by atoms with Gasteiger partial charge in [0, 0.05) is 7.11 Å². The zero-order chi connectivity index (χ0) is 12.1. The predicted molar refractivity (Wildman–Crippen MR) is 62.6 cm³/mol. The van der Waals surface area contributed by atoms with Crippen LogP contribution in [-0.2, 0) is 14.6 Å². The molecule has 0 saturated carbocycles. The standard InChI is InChI=1S/C10H23NO3S/c1-9(5-7-11)15(12,13)8-6-10(2,3)14-4/h9H,5-8,11H2,1-4H3. The van der Waals surface area contributed by atoms with Gasteiger partial charge in [-0.2, -0.15) is 0 Å². The van der Waals surface area contributed by atoms with Crippen molar-refractivity contribution in [2.75, 3.05) is 19.4 Å². The van der Waals surface area contributed by atoms with E-state index in [-0.39, 0.29) is 16.6 Å². The van der Waals surface area contributed by atoms with Gasteiger partial charge in [0.25, 0.3) is 0 Å². The van der Waals surface area contributed by atoms with Crippen molar-refractivity contribution in [1.82, 2.24) is 0 Å². The summed E-state index contributed by atoms with van der Waals surface area (Å²) in [6.45, 7) is 5.89. The van der Waals surface area contributed by atoms with Crippen LogP contribution in [0.15, 0.2) is 0 Å². The van der Waals surface area contributed by atoms with Crippen LogP contribution in [0.1, 0.15) is 33.6 Å². The molecule has 0 rings (SSSR count). The summed E-state index contributed by atoms with van der Waals surface area (Å²) < 4.78 is 28.7. The van der Waals surface area contributed by atoms with Gasteiger partial charge in [-0.05, 0) is 40.2 Å². The van der Waals surface area contributed by atoms with E-state index in [0.29, 0.717) is 19.4 Å². The normalized spacial score (nSPS) is 15.3. The first-order valence-corrected chi connectivity index (χ1v) is 6.93. The van der Waals surface area contributed by atoms with E-state index in [2.05, 4.69) is 0 Å². The monoisotopic (exact) mass is 237 g/mol. The molecule has 2 N–H and O–H groups in total. The van der Waals surface area contributed by atoms with E-state index in [1.807, 2.05) is 13.8 Å². The molecule has 0 aromatic rings. The highest BCUT2D eigenvalue weighted by Crippen LogP contribution is 2.16. The summed E-state index contributed by atoms with van der Waals surface area (Å²) in [4.78, 5) is 0. The lowest BCUT2D eigenvalue weighted by Crippen LogP contribution is -2.30. The van der Waals surface area contributed by atoms with Crippen molar-refractivity contribution in [2.45, 2.75) is 44.5 Å². The molecule has 0 aliphatic heterocycles. The Morgan fingerprint density at radius 3 is 2.33 bits per heavy atom. The van der Waals surface area contributed by atoms with Crippen molar-refractivity contribution < 1.29 is 13.2 Å². The molecular weight excluding hydrogens is 214 g/mol. The molecule has 0 fully saturated rings. The third-order valence-corrected chi connectivity index (χ3v) is 4.96. The molecule has 5 heteroatoms. The first-order chi connectivity index (χ1) is 6.75. The number of methoxy groups -OCH3 is 1. The number of nitrogens with two attached hydrogens (primary N) is 1. The molecule has 0 spiro atoms. The molecule has 0 aromatic heterocycles. The fourth-order valence-electron chi connectivity index (χ4n) is 1.11. The van der Waals surface area contributed by atoms with Gasteiger partial charge in [-0.15, -0.1) is 0 Å². The minimum Gasteiger partial charge on any atom is -0.379 e. The minimum atomic E-state index is -3.03. The summed E-state index contributed by atoms with van der Waals surface area (Å²) in [5.74, 6) is 0.162. The van der Waals surface area contributed by atoms with Crippen LogP contribution in [0.3, 0.4) is 0 Å². The van der Waals surface area contributed by atoms with Crippen LogP contribution in [0.2, 0.25) is 0 Å². The Labute approximate surface area is 93.1 Å². The minimum absolute atomic E-state index is 0.162. The first-order valence-electron chi connectivity index (χ1n) is 5.22. The molecule has 15 heavy (non-hydrogen) atoms. The van der Waals surface area contributed by atoms with Crippen LogP contribution in [0, 0.1) is 0 Å². The number of rotatable bonds is 7. The van der Waals surface area contributed by atoms with Crippen LogP contribution in [-0.4, -0.2) is 38.7 Å². The van der Waals surface area contributed by atoms with E-state index in [0.717, 1.165) is 0 Å². The van der Waals surface area contributed by atoms with Gasteiger partial charge in [0.15, 0.2) is 9.84 Å². The Hall–Kier alpha value is -0.130. The van der Waals surface area contributed by atoms with E-state index in [1.165, 1.54) is 0 Å². The van der Waals surface area contributed by atoms with Crippen LogP contribution in [0.5, 0.6) is 0 Å². The van der Waals surface area contributed by atoms with Gasteiger partial charge < -0.3 is 10.5 Å². The molecular formula is C10H23NO3S. The second kappa shape index (κ2) is 5.82. The fraction of sp³-hybridized carbons (Fsp3) is 1.00. The van der Waals surface area contributed by atoms with Gasteiger partial charge in [-0.1, -0.05) is 0 Å². The SMILES string of the molecule is COC(C)(C)CCS(=O)(=O)C(C)CCN. The zero-order valence-electron chi connectivity index (χ0n) is 10.1. The highest BCUT2D eigenvalue weighted by atomic mass is 32.2. The van der Waals surface area contributed by atoms with Gasteiger partial charge in [0.1, 0.15) is 0 Å². The van der Waals surface area contributed by atoms with Gasteiger partial charge in [0.05, 0.1) is 16.6 Å². The Morgan fingerprint density at radius 2 is 1.93 bits per heavy atom. The van der Waals surface area contributed by atoms with E-state index < -0.39 is 9.84 Å². The summed E-state index contributed by atoms with van der Waals surface area (Å²) in [7, 11) is -1.43. The van der Waals surface area contributed by atoms with Crippen LogP contribution in [0.4, 0.5) is 0 Å².